The van der Waals surface area contributed by atoms with Gasteiger partial charge >= 0.3 is 81.1 Å². The third-order valence-electron chi connectivity index (χ3n) is 1.13. The molecular formula is C9H8IO2-. The van der Waals surface area contributed by atoms with Crippen molar-refractivity contribution in [1.82, 2.24) is 0 Å². The molecule has 0 aliphatic heterocycles. The van der Waals surface area contributed by atoms with E-state index in [1.165, 1.54) is 9.65 Å². The molecule has 1 aromatic carbocycles. The van der Waals surface area contributed by atoms with Crippen LogP contribution in [0.2, 0.25) is 0 Å². The van der Waals surface area contributed by atoms with Crippen LogP contribution in [-0.4, -0.2) is 11.1 Å². The molecular weight excluding hydrogens is 267 g/mol. The van der Waals surface area contributed by atoms with Crippen LogP contribution in [0.4, 0.5) is 0 Å². The molecule has 0 atom stereocenters. The summed E-state index contributed by atoms with van der Waals surface area (Å²) in [5, 5.41) is 8.32. The summed E-state index contributed by atoms with van der Waals surface area (Å²) in [4.78, 5) is 10.1. The van der Waals surface area contributed by atoms with Gasteiger partial charge in [-0.2, -0.15) is 0 Å². The molecule has 2 nitrogen and oxygen atoms in total. The minimum atomic E-state index is -0.870. The summed E-state index contributed by atoms with van der Waals surface area (Å²) in [5.41, 5.74) is 0. The molecule has 3 heteroatoms. The SMILES string of the molecule is O=C(O)/C=C\[I-]c1ccccc1. The van der Waals surface area contributed by atoms with E-state index in [0.29, 0.717) is 0 Å². The van der Waals surface area contributed by atoms with Gasteiger partial charge in [-0.1, -0.05) is 0 Å². The number of hydrogen-bond donors (Lipinski definition) is 1. The molecule has 0 aromatic heterocycles. The van der Waals surface area contributed by atoms with Gasteiger partial charge in [0, 0.05) is 0 Å². The van der Waals surface area contributed by atoms with E-state index in [1.807, 2.05) is 30.3 Å². The van der Waals surface area contributed by atoms with E-state index in [1.54, 1.807) is 4.08 Å². The molecule has 0 amide bonds. The summed E-state index contributed by atoms with van der Waals surface area (Å²) in [6.07, 6.45) is 1.21. The van der Waals surface area contributed by atoms with Gasteiger partial charge < -0.3 is 0 Å². The molecule has 0 fully saturated rings. The molecule has 0 heterocycles. The van der Waals surface area contributed by atoms with Crippen LogP contribution < -0.4 is 21.2 Å². The Balaban J connectivity index is 2.49. The zero-order valence-corrected chi connectivity index (χ0v) is 8.43. The third kappa shape index (κ3) is 3.52. The monoisotopic (exact) mass is 275 g/mol. The van der Waals surface area contributed by atoms with Crippen molar-refractivity contribution in [2.24, 2.45) is 0 Å². The number of aliphatic carboxylic acids is 1. The number of hydrogen-bond acceptors (Lipinski definition) is 1. The molecule has 0 aliphatic carbocycles. The second-order valence-corrected chi connectivity index (χ2v) is 4.62. The molecule has 0 unspecified atom stereocenters. The molecule has 0 saturated carbocycles. The summed E-state index contributed by atoms with van der Waals surface area (Å²) in [7, 11) is 0. The Morgan fingerprint density at radius 1 is 1.33 bits per heavy atom. The van der Waals surface area contributed by atoms with E-state index in [9.17, 15) is 4.79 Å². The van der Waals surface area contributed by atoms with Gasteiger partial charge in [-0.25, -0.2) is 0 Å². The first-order chi connectivity index (χ1) is 5.79. The zero-order valence-electron chi connectivity index (χ0n) is 6.27. The van der Waals surface area contributed by atoms with Crippen molar-refractivity contribution >= 4 is 5.97 Å². The van der Waals surface area contributed by atoms with Crippen molar-refractivity contribution in [2.75, 3.05) is 0 Å². The molecule has 1 N–H and O–H groups in total. The maximum absolute atomic E-state index is 10.1. The predicted octanol–water partition coefficient (Wildman–Crippen LogP) is -1.46. The van der Waals surface area contributed by atoms with E-state index < -0.39 is 5.97 Å². The topological polar surface area (TPSA) is 37.3 Å². The van der Waals surface area contributed by atoms with E-state index in [0.717, 1.165) is 0 Å². The van der Waals surface area contributed by atoms with Crippen molar-refractivity contribution in [3.8, 4) is 0 Å². The van der Waals surface area contributed by atoms with Crippen LogP contribution in [0, 0.1) is 3.57 Å². The Labute approximate surface area is 81.2 Å². The Morgan fingerprint density at radius 3 is 2.58 bits per heavy atom. The van der Waals surface area contributed by atoms with E-state index >= 15 is 0 Å². The minimum absolute atomic E-state index is 0.268. The zero-order chi connectivity index (χ0) is 8.81. The van der Waals surface area contributed by atoms with Gasteiger partial charge in [-0.3, -0.25) is 0 Å². The fraction of sp³-hybridized carbons (Fsp3) is 0. The van der Waals surface area contributed by atoms with Gasteiger partial charge in [0.15, 0.2) is 0 Å². The average molecular weight is 275 g/mol. The van der Waals surface area contributed by atoms with Crippen molar-refractivity contribution in [3.63, 3.8) is 0 Å². The van der Waals surface area contributed by atoms with Crippen molar-refractivity contribution in [3.05, 3.63) is 44.1 Å². The predicted molar refractivity (Wildman–Crippen MR) is 41.9 cm³/mol. The Hall–Kier alpha value is -0.840. The van der Waals surface area contributed by atoms with Gasteiger partial charge in [0.2, 0.25) is 0 Å². The Bertz CT molecular complexity index is 280. The van der Waals surface area contributed by atoms with Crippen LogP contribution in [0.25, 0.3) is 0 Å². The molecule has 64 valence electrons. The number of carboxylic acid groups (broad SMARTS) is 1. The first kappa shape index (κ1) is 9.25. The van der Waals surface area contributed by atoms with Crippen LogP contribution in [0.5, 0.6) is 0 Å². The maximum atomic E-state index is 10.1. The summed E-state index contributed by atoms with van der Waals surface area (Å²) >= 11 is -0.268. The quantitative estimate of drug-likeness (QED) is 0.541. The number of carboxylic acids is 1. The van der Waals surface area contributed by atoms with Gasteiger partial charge in [-0.15, -0.1) is 0 Å². The molecule has 0 aliphatic rings. The molecule has 0 saturated heterocycles. The van der Waals surface area contributed by atoms with Crippen LogP contribution >= 0.6 is 0 Å². The summed E-state index contributed by atoms with van der Waals surface area (Å²) < 4.78 is 2.98. The van der Waals surface area contributed by atoms with E-state index in [-0.39, 0.29) is 21.2 Å². The van der Waals surface area contributed by atoms with Crippen LogP contribution in [0.3, 0.4) is 0 Å². The van der Waals surface area contributed by atoms with Crippen LogP contribution in [-0.2, 0) is 4.79 Å². The first-order valence-electron chi connectivity index (χ1n) is 3.37. The Kier molecular flexibility index (Phi) is 3.79. The molecule has 0 spiro atoms. The number of rotatable bonds is 3. The number of carbonyl (C=O) groups is 1. The normalized spacial score (nSPS) is 10.7. The fourth-order valence-electron chi connectivity index (χ4n) is 0.646. The molecule has 1 aromatic rings. The van der Waals surface area contributed by atoms with Gasteiger partial charge in [0.1, 0.15) is 0 Å². The summed E-state index contributed by atoms with van der Waals surface area (Å²) in [6.45, 7) is 0. The number of benzene rings is 1. The molecule has 12 heavy (non-hydrogen) atoms. The van der Waals surface area contributed by atoms with E-state index in [4.69, 9.17) is 5.11 Å². The van der Waals surface area contributed by atoms with Crippen molar-refractivity contribution in [2.45, 2.75) is 0 Å². The fourth-order valence-corrected chi connectivity index (χ4v) is 2.38. The van der Waals surface area contributed by atoms with Crippen molar-refractivity contribution in [1.29, 1.82) is 0 Å². The van der Waals surface area contributed by atoms with Crippen LogP contribution in [0.1, 0.15) is 0 Å². The second-order valence-electron chi connectivity index (χ2n) is 2.04. The average Bonchev–Trinajstić information content (AvgIpc) is 2.05. The van der Waals surface area contributed by atoms with Crippen LogP contribution in [0.15, 0.2) is 40.5 Å². The molecule has 0 radical (unpaired) electrons. The van der Waals surface area contributed by atoms with Gasteiger partial charge in [0.25, 0.3) is 0 Å². The van der Waals surface area contributed by atoms with E-state index in [2.05, 4.69) is 0 Å². The molecule has 0 bridgehead atoms. The van der Waals surface area contributed by atoms with Gasteiger partial charge in [0.05, 0.1) is 0 Å². The molecule has 1 rings (SSSR count). The summed E-state index contributed by atoms with van der Waals surface area (Å²) in [5.74, 6) is -0.870. The van der Waals surface area contributed by atoms with Crippen molar-refractivity contribution < 1.29 is 31.1 Å². The Morgan fingerprint density at radius 2 is 2.00 bits per heavy atom. The van der Waals surface area contributed by atoms with Gasteiger partial charge in [-0.05, 0) is 0 Å². The number of halogens is 1. The first-order valence-corrected chi connectivity index (χ1v) is 5.69. The standard InChI is InChI=1S/C9H8IO2/c11-9(12)6-7-10-8-4-2-1-3-5-8/h1-7H,(H,11,12)/q-1/b7-6-. The second kappa shape index (κ2) is 4.92. The summed E-state index contributed by atoms with van der Waals surface area (Å²) in [6, 6.07) is 9.90. The third-order valence-corrected chi connectivity index (χ3v) is 3.29.